The number of hydrogen-bond donors (Lipinski definition) is 0. The van der Waals surface area contributed by atoms with Gasteiger partial charge in [-0.05, 0) is 42.6 Å². The smallest absolute Gasteiger partial charge is 0.150 e. The second-order valence-electron chi connectivity index (χ2n) is 4.58. The maximum absolute atomic E-state index is 11.4. The number of alkyl halides is 1. The third kappa shape index (κ3) is 3.04. The summed E-state index contributed by atoms with van der Waals surface area (Å²) in [7, 11) is -2.77. The van der Waals surface area contributed by atoms with Crippen LogP contribution in [-0.2, 0) is 9.84 Å². The molecule has 88 valence electrons. The molecule has 3 unspecified atom stereocenters. The van der Waals surface area contributed by atoms with E-state index in [0.29, 0.717) is 17.4 Å². The van der Waals surface area contributed by atoms with Gasteiger partial charge >= 0.3 is 0 Å². The van der Waals surface area contributed by atoms with Crippen LogP contribution >= 0.6 is 23.4 Å². The first-order valence-electron chi connectivity index (χ1n) is 5.51. The van der Waals surface area contributed by atoms with Crippen molar-refractivity contribution in [2.75, 3.05) is 23.0 Å². The van der Waals surface area contributed by atoms with Crippen LogP contribution in [0.3, 0.4) is 0 Å². The van der Waals surface area contributed by atoms with Gasteiger partial charge in [-0.25, -0.2) is 8.42 Å². The molecule has 2 rings (SSSR count). The molecule has 0 aliphatic carbocycles. The van der Waals surface area contributed by atoms with Gasteiger partial charge in [0.1, 0.15) is 0 Å². The molecule has 0 N–H and O–H groups in total. The number of hydrogen-bond acceptors (Lipinski definition) is 3. The fourth-order valence-corrected chi connectivity index (χ4v) is 6.19. The summed E-state index contributed by atoms with van der Waals surface area (Å²) in [4.78, 5) is 0. The summed E-state index contributed by atoms with van der Waals surface area (Å²) in [5.41, 5.74) is 0. The first-order valence-corrected chi connectivity index (χ1v) is 8.92. The van der Waals surface area contributed by atoms with Crippen molar-refractivity contribution in [1.82, 2.24) is 0 Å². The zero-order valence-electron chi connectivity index (χ0n) is 8.69. The zero-order chi connectivity index (χ0) is 10.9. The van der Waals surface area contributed by atoms with Crippen molar-refractivity contribution >= 4 is 33.2 Å². The topological polar surface area (TPSA) is 34.1 Å². The largest absolute Gasteiger partial charge is 0.229 e. The number of thioether (sulfide) groups is 1. The van der Waals surface area contributed by atoms with Gasteiger partial charge in [0.15, 0.2) is 9.84 Å². The standard InChI is InChI=1S/C10H17ClO2S2/c11-10(8-2-1-4-14-6-8)9-3-5-15(12,13)7-9/h8-10H,1-7H2. The van der Waals surface area contributed by atoms with Gasteiger partial charge in [0.05, 0.1) is 11.5 Å². The van der Waals surface area contributed by atoms with Gasteiger partial charge in [-0.3, -0.25) is 0 Å². The fraction of sp³-hybridized carbons (Fsp3) is 1.00. The number of rotatable bonds is 2. The van der Waals surface area contributed by atoms with Gasteiger partial charge in [0.25, 0.3) is 0 Å². The van der Waals surface area contributed by atoms with Crippen molar-refractivity contribution < 1.29 is 8.42 Å². The average Bonchev–Trinajstić information content (AvgIpc) is 2.59. The molecule has 0 aromatic carbocycles. The minimum atomic E-state index is -2.77. The number of sulfone groups is 1. The van der Waals surface area contributed by atoms with Gasteiger partial charge < -0.3 is 0 Å². The highest BCUT2D eigenvalue weighted by Crippen LogP contribution is 2.35. The highest BCUT2D eigenvalue weighted by atomic mass is 35.5. The van der Waals surface area contributed by atoms with Crippen molar-refractivity contribution in [3.05, 3.63) is 0 Å². The third-order valence-corrected chi connectivity index (χ3v) is 7.11. The summed E-state index contributed by atoms with van der Waals surface area (Å²) in [6.45, 7) is 0. The maximum atomic E-state index is 11.4. The molecule has 3 atom stereocenters. The first kappa shape index (κ1) is 12.1. The zero-order valence-corrected chi connectivity index (χ0v) is 11.1. The van der Waals surface area contributed by atoms with Crippen molar-refractivity contribution in [2.24, 2.45) is 11.8 Å². The Hall–Kier alpha value is 0.590. The van der Waals surface area contributed by atoms with Crippen LogP contribution in [0, 0.1) is 11.8 Å². The normalized spacial score (nSPS) is 37.7. The van der Waals surface area contributed by atoms with Crippen LogP contribution in [0.1, 0.15) is 19.3 Å². The minimum absolute atomic E-state index is 0.0788. The molecule has 0 saturated carbocycles. The molecule has 2 heterocycles. The minimum Gasteiger partial charge on any atom is -0.229 e. The van der Waals surface area contributed by atoms with Crippen LogP contribution in [0.25, 0.3) is 0 Å². The molecule has 0 aromatic rings. The molecule has 2 aliphatic heterocycles. The summed E-state index contributed by atoms with van der Waals surface area (Å²) in [5.74, 6) is 3.76. The Balaban J connectivity index is 1.93. The molecule has 15 heavy (non-hydrogen) atoms. The van der Waals surface area contributed by atoms with Crippen LogP contribution in [-0.4, -0.2) is 36.8 Å². The Morgan fingerprint density at radius 1 is 1.27 bits per heavy atom. The van der Waals surface area contributed by atoms with E-state index in [1.807, 2.05) is 11.8 Å². The van der Waals surface area contributed by atoms with E-state index >= 15 is 0 Å². The van der Waals surface area contributed by atoms with Gasteiger partial charge in [0, 0.05) is 5.38 Å². The molecule has 5 heteroatoms. The molecular formula is C10H17ClO2S2. The molecule has 2 saturated heterocycles. The summed E-state index contributed by atoms with van der Waals surface area (Å²) in [6, 6.07) is 0. The predicted octanol–water partition coefficient (Wildman–Crippen LogP) is 2.17. The average molecular weight is 269 g/mol. The van der Waals surface area contributed by atoms with E-state index in [0.717, 1.165) is 12.2 Å². The van der Waals surface area contributed by atoms with Crippen molar-refractivity contribution in [3.8, 4) is 0 Å². The van der Waals surface area contributed by atoms with Gasteiger partial charge in [-0.15, -0.1) is 11.6 Å². The molecular weight excluding hydrogens is 252 g/mol. The second-order valence-corrected chi connectivity index (χ2v) is 8.47. The third-order valence-electron chi connectivity index (χ3n) is 3.36. The quantitative estimate of drug-likeness (QED) is 0.720. The molecule has 2 aliphatic rings. The summed E-state index contributed by atoms with van der Waals surface area (Å²) in [5, 5.41) is 0.0788. The van der Waals surface area contributed by atoms with Gasteiger partial charge in [0.2, 0.25) is 0 Å². The van der Waals surface area contributed by atoms with Gasteiger partial charge in [-0.1, -0.05) is 0 Å². The molecule has 2 nitrogen and oxygen atoms in total. The Morgan fingerprint density at radius 3 is 2.60 bits per heavy atom. The lowest BCUT2D eigenvalue weighted by Crippen LogP contribution is -2.29. The molecule has 0 amide bonds. The van der Waals surface area contributed by atoms with Crippen LogP contribution in [0.4, 0.5) is 0 Å². The van der Waals surface area contributed by atoms with E-state index < -0.39 is 9.84 Å². The van der Waals surface area contributed by atoms with Crippen LogP contribution in [0.5, 0.6) is 0 Å². The molecule has 0 radical (unpaired) electrons. The highest BCUT2D eigenvalue weighted by molar-refractivity contribution is 7.99. The predicted molar refractivity (Wildman–Crippen MR) is 66.5 cm³/mol. The molecule has 0 spiro atoms. The van der Waals surface area contributed by atoms with E-state index in [9.17, 15) is 8.42 Å². The molecule has 2 fully saturated rings. The van der Waals surface area contributed by atoms with Crippen LogP contribution < -0.4 is 0 Å². The van der Waals surface area contributed by atoms with Crippen LogP contribution in [0.15, 0.2) is 0 Å². The highest BCUT2D eigenvalue weighted by Gasteiger charge is 2.36. The van der Waals surface area contributed by atoms with Crippen molar-refractivity contribution in [2.45, 2.75) is 24.6 Å². The van der Waals surface area contributed by atoms with Crippen molar-refractivity contribution in [3.63, 3.8) is 0 Å². The van der Waals surface area contributed by atoms with E-state index in [2.05, 4.69) is 0 Å². The lowest BCUT2D eigenvalue weighted by atomic mass is 9.91. The Kier molecular flexibility index (Phi) is 3.89. The second kappa shape index (κ2) is 4.84. The molecule has 0 aromatic heterocycles. The van der Waals surface area contributed by atoms with E-state index in [1.165, 1.54) is 18.6 Å². The summed E-state index contributed by atoms with van der Waals surface area (Å²) < 4.78 is 22.7. The first-order chi connectivity index (χ1) is 7.08. The van der Waals surface area contributed by atoms with E-state index in [1.54, 1.807) is 0 Å². The summed E-state index contributed by atoms with van der Waals surface area (Å²) in [6.07, 6.45) is 3.19. The van der Waals surface area contributed by atoms with Crippen molar-refractivity contribution in [1.29, 1.82) is 0 Å². The summed E-state index contributed by atoms with van der Waals surface area (Å²) >= 11 is 8.37. The van der Waals surface area contributed by atoms with Gasteiger partial charge in [-0.2, -0.15) is 11.8 Å². The monoisotopic (exact) mass is 268 g/mol. The Bertz CT molecular complexity index is 309. The molecule has 0 bridgehead atoms. The SMILES string of the molecule is O=S1(=O)CCC(C(Cl)C2CCCSC2)C1. The lowest BCUT2D eigenvalue weighted by molar-refractivity contribution is 0.406. The van der Waals surface area contributed by atoms with E-state index in [-0.39, 0.29) is 11.3 Å². The fourth-order valence-electron chi connectivity index (χ4n) is 2.48. The lowest BCUT2D eigenvalue weighted by Gasteiger charge is -2.28. The Labute approximate surface area is 101 Å². The Morgan fingerprint density at radius 2 is 2.07 bits per heavy atom. The van der Waals surface area contributed by atoms with Crippen LogP contribution in [0.2, 0.25) is 0 Å². The van der Waals surface area contributed by atoms with E-state index in [4.69, 9.17) is 11.6 Å². The number of halogens is 1. The maximum Gasteiger partial charge on any atom is 0.150 e.